The van der Waals surface area contributed by atoms with E-state index in [9.17, 15) is 25.5 Å². The van der Waals surface area contributed by atoms with Crippen LogP contribution in [-0.2, 0) is 11.2 Å². The van der Waals surface area contributed by atoms with Crippen molar-refractivity contribution in [2.24, 2.45) is 0 Å². The molecule has 0 spiro atoms. The molecule has 1 heterocycles. The fraction of sp³-hybridized carbons (Fsp3) is 0.368. The Balaban J connectivity index is 1.87. The van der Waals surface area contributed by atoms with Crippen LogP contribution in [0.1, 0.15) is 22.8 Å². The minimum absolute atomic E-state index is 0.176. The molecule has 1 aliphatic heterocycles. The molecule has 3 rings (SSSR count). The maximum atomic E-state index is 10.3. The number of rotatable bonds is 4. The lowest BCUT2D eigenvalue weighted by molar-refractivity contribution is -0.231. The predicted molar refractivity (Wildman–Crippen MR) is 95.1 cm³/mol. The highest BCUT2D eigenvalue weighted by molar-refractivity contribution is 6.31. The molecule has 1 saturated heterocycles. The third kappa shape index (κ3) is 3.86. The molecule has 2 aromatic carbocycles. The number of phenolic OH excluding ortho intramolecular Hbond substituents is 1. The minimum Gasteiger partial charge on any atom is -0.508 e. The first kappa shape index (κ1) is 19.1. The molecule has 0 bridgehead atoms. The lowest BCUT2D eigenvalue weighted by atomic mass is 9.90. The van der Waals surface area contributed by atoms with Crippen molar-refractivity contribution in [3.8, 4) is 5.75 Å². The highest BCUT2D eigenvalue weighted by Crippen LogP contribution is 2.34. The molecule has 5 N–H and O–H groups in total. The van der Waals surface area contributed by atoms with E-state index in [0.717, 1.165) is 11.1 Å². The van der Waals surface area contributed by atoms with Crippen LogP contribution in [-0.4, -0.2) is 56.6 Å². The Morgan fingerprint density at radius 2 is 1.62 bits per heavy atom. The summed E-state index contributed by atoms with van der Waals surface area (Å²) in [6.45, 7) is -0.477. The molecule has 2 unspecified atom stereocenters. The monoisotopic (exact) mass is 380 g/mol. The molecule has 7 heteroatoms. The topological polar surface area (TPSA) is 110 Å². The van der Waals surface area contributed by atoms with E-state index in [-0.39, 0.29) is 5.75 Å². The lowest BCUT2D eigenvalue weighted by Crippen LogP contribution is -2.55. The van der Waals surface area contributed by atoms with E-state index >= 15 is 0 Å². The molecule has 140 valence electrons. The van der Waals surface area contributed by atoms with Crippen molar-refractivity contribution in [2.45, 2.75) is 36.9 Å². The first-order valence-electron chi connectivity index (χ1n) is 8.27. The third-order valence-corrected chi connectivity index (χ3v) is 4.99. The summed E-state index contributed by atoms with van der Waals surface area (Å²) in [6, 6.07) is 11.9. The van der Waals surface area contributed by atoms with Crippen LogP contribution in [0.25, 0.3) is 0 Å². The highest BCUT2D eigenvalue weighted by Gasteiger charge is 2.43. The standard InChI is InChI=1S/C19H21ClO6/c20-14-6-3-11(8-12(14)7-10-1-4-13(22)5-2-10)19-18(25)17(24)16(23)15(9-21)26-19/h1-6,8,15-19,21-25H,7,9H2/t15-,16-,17+,18?,19?/m1/s1. The van der Waals surface area contributed by atoms with Crippen LogP contribution in [0.4, 0.5) is 0 Å². The zero-order valence-corrected chi connectivity index (χ0v) is 14.6. The van der Waals surface area contributed by atoms with Gasteiger partial charge in [-0.15, -0.1) is 0 Å². The summed E-state index contributed by atoms with van der Waals surface area (Å²) in [4.78, 5) is 0. The predicted octanol–water partition coefficient (Wildman–Crippen LogP) is 1.15. The molecular weight excluding hydrogens is 360 g/mol. The number of aliphatic hydroxyl groups is 4. The molecule has 2 aromatic rings. The van der Waals surface area contributed by atoms with Crippen molar-refractivity contribution < 1.29 is 30.3 Å². The number of hydrogen-bond donors (Lipinski definition) is 5. The Kier molecular flexibility index (Phi) is 5.82. The second-order valence-electron chi connectivity index (χ2n) is 6.44. The molecule has 26 heavy (non-hydrogen) atoms. The Labute approximate surface area is 155 Å². The number of aromatic hydroxyl groups is 1. The summed E-state index contributed by atoms with van der Waals surface area (Å²) >= 11 is 6.28. The van der Waals surface area contributed by atoms with Gasteiger partial charge >= 0.3 is 0 Å². The molecule has 1 fully saturated rings. The van der Waals surface area contributed by atoms with E-state index in [1.165, 1.54) is 0 Å². The molecule has 0 saturated carbocycles. The van der Waals surface area contributed by atoms with E-state index in [1.807, 2.05) is 0 Å². The SMILES string of the molecule is OC[C@H]1OC(c2ccc(Cl)c(Cc3ccc(O)cc3)c2)C(O)[C@@H](O)[C@@H]1O. The summed E-state index contributed by atoms with van der Waals surface area (Å²) in [5.74, 6) is 0.176. The van der Waals surface area contributed by atoms with Gasteiger partial charge in [0.05, 0.1) is 6.61 Å². The summed E-state index contributed by atoms with van der Waals surface area (Å²) in [5.41, 5.74) is 2.31. The van der Waals surface area contributed by atoms with Gasteiger partial charge in [0.2, 0.25) is 0 Å². The molecular formula is C19H21ClO6. The van der Waals surface area contributed by atoms with Gasteiger partial charge in [-0.3, -0.25) is 0 Å². The van der Waals surface area contributed by atoms with Crippen LogP contribution < -0.4 is 0 Å². The Hall–Kier alpha value is -1.67. The van der Waals surface area contributed by atoms with E-state index in [0.29, 0.717) is 17.0 Å². The number of halogens is 1. The quantitative estimate of drug-likeness (QED) is 0.544. The van der Waals surface area contributed by atoms with Crippen LogP contribution in [0.5, 0.6) is 5.75 Å². The van der Waals surface area contributed by atoms with Gasteiger partial charge in [0.15, 0.2) is 0 Å². The number of benzene rings is 2. The Bertz CT molecular complexity index is 748. The summed E-state index contributed by atoms with van der Waals surface area (Å²) in [6.07, 6.45) is -5.52. The van der Waals surface area contributed by atoms with Crippen molar-refractivity contribution in [2.75, 3.05) is 6.61 Å². The number of aliphatic hydroxyl groups excluding tert-OH is 4. The minimum atomic E-state index is -1.43. The summed E-state index contributed by atoms with van der Waals surface area (Å²) in [5, 5.41) is 49.4. The smallest absolute Gasteiger partial charge is 0.115 e. The number of phenols is 1. The average Bonchev–Trinajstić information content (AvgIpc) is 2.64. The summed E-state index contributed by atoms with van der Waals surface area (Å²) in [7, 11) is 0. The Morgan fingerprint density at radius 1 is 0.923 bits per heavy atom. The van der Waals surface area contributed by atoms with Crippen molar-refractivity contribution in [1.29, 1.82) is 0 Å². The van der Waals surface area contributed by atoms with Crippen LogP contribution in [0.2, 0.25) is 5.02 Å². The normalized spacial score (nSPS) is 28.9. The molecule has 5 atom stereocenters. The third-order valence-electron chi connectivity index (χ3n) is 4.62. The average molecular weight is 381 g/mol. The lowest BCUT2D eigenvalue weighted by Gasteiger charge is -2.40. The van der Waals surface area contributed by atoms with Crippen LogP contribution in [0.3, 0.4) is 0 Å². The molecule has 1 aliphatic rings. The van der Waals surface area contributed by atoms with Crippen molar-refractivity contribution in [3.63, 3.8) is 0 Å². The van der Waals surface area contributed by atoms with Gasteiger partial charge in [0.25, 0.3) is 0 Å². The van der Waals surface area contributed by atoms with Gasteiger partial charge < -0.3 is 30.3 Å². The van der Waals surface area contributed by atoms with E-state index in [4.69, 9.17) is 16.3 Å². The fourth-order valence-electron chi connectivity index (χ4n) is 3.12. The van der Waals surface area contributed by atoms with Gasteiger partial charge in [0.1, 0.15) is 36.3 Å². The largest absolute Gasteiger partial charge is 0.508 e. The molecule has 6 nitrogen and oxygen atoms in total. The van der Waals surface area contributed by atoms with E-state index < -0.39 is 37.1 Å². The Morgan fingerprint density at radius 3 is 2.27 bits per heavy atom. The van der Waals surface area contributed by atoms with Gasteiger partial charge in [-0.1, -0.05) is 35.9 Å². The number of hydrogen-bond acceptors (Lipinski definition) is 6. The van der Waals surface area contributed by atoms with Crippen molar-refractivity contribution in [1.82, 2.24) is 0 Å². The molecule has 0 aliphatic carbocycles. The molecule has 0 amide bonds. The van der Waals surface area contributed by atoms with Crippen molar-refractivity contribution in [3.05, 3.63) is 64.2 Å². The summed E-state index contributed by atoms with van der Waals surface area (Å²) < 4.78 is 5.59. The first-order valence-corrected chi connectivity index (χ1v) is 8.65. The van der Waals surface area contributed by atoms with Gasteiger partial charge in [-0.25, -0.2) is 0 Å². The molecule has 0 radical (unpaired) electrons. The second-order valence-corrected chi connectivity index (χ2v) is 6.85. The van der Waals surface area contributed by atoms with Crippen LogP contribution in [0.15, 0.2) is 42.5 Å². The number of ether oxygens (including phenoxy) is 1. The van der Waals surface area contributed by atoms with Gasteiger partial charge in [-0.05, 0) is 41.3 Å². The molecule has 0 aromatic heterocycles. The van der Waals surface area contributed by atoms with E-state index in [2.05, 4.69) is 0 Å². The fourth-order valence-corrected chi connectivity index (χ4v) is 3.30. The van der Waals surface area contributed by atoms with Crippen LogP contribution >= 0.6 is 11.6 Å². The van der Waals surface area contributed by atoms with E-state index in [1.54, 1.807) is 42.5 Å². The van der Waals surface area contributed by atoms with Crippen molar-refractivity contribution >= 4 is 11.6 Å². The zero-order valence-electron chi connectivity index (χ0n) is 13.9. The maximum Gasteiger partial charge on any atom is 0.115 e. The maximum absolute atomic E-state index is 10.3. The van der Waals surface area contributed by atoms with Gasteiger partial charge in [0, 0.05) is 5.02 Å². The van der Waals surface area contributed by atoms with Crippen LogP contribution in [0, 0.1) is 0 Å². The highest BCUT2D eigenvalue weighted by atomic mass is 35.5. The first-order chi connectivity index (χ1) is 12.4. The zero-order chi connectivity index (χ0) is 18.8. The van der Waals surface area contributed by atoms with Gasteiger partial charge in [-0.2, -0.15) is 0 Å². The second kappa shape index (κ2) is 7.92.